The fourth-order valence-electron chi connectivity index (χ4n) is 1.58. The second kappa shape index (κ2) is 6.15. The predicted octanol–water partition coefficient (Wildman–Crippen LogP) is 4.36. The van der Waals surface area contributed by atoms with Crippen LogP contribution in [-0.2, 0) is 0 Å². The van der Waals surface area contributed by atoms with Gasteiger partial charge in [0.25, 0.3) is 0 Å². The number of hydrogen-bond acceptors (Lipinski definition) is 1. The molecule has 0 aromatic heterocycles. The van der Waals surface area contributed by atoms with Crippen LogP contribution in [0.3, 0.4) is 0 Å². The van der Waals surface area contributed by atoms with Gasteiger partial charge in [-0.15, -0.1) is 11.6 Å². The summed E-state index contributed by atoms with van der Waals surface area (Å²) >= 11 is 5.98. The summed E-state index contributed by atoms with van der Waals surface area (Å²) in [6, 6.07) is 9.92. The molecule has 0 heterocycles. The van der Waals surface area contributed by atoms with Crippen molar-refractivity contribution in [3.8, 4) is 5.75 Å². The molecule has 0 fully saturated rings. The number of halogens is 1. The van der Waals surface area contributed by atoms with Crippen LogP contribution in [0.25, 0.3) is 0 Å². The van der Waals surface area contributed by atoms with E-state index in [-0.39, 0.29) is 5.41 Å². The third-order valence-electron chi connectivity index (χ3n) is 2.89. The minimum absolute atomic E-state index is 0.252. The minimum Gasteiger partial charge on any atom is -0.494 e. The van der Waals surface area contributed by atoms with Crippen molar-refractivity contribution in [3.05, 3.63) is 30.3 Å². The zero-order valence-corrected chi connectivity index (χ0v) is 11.1. The second-order valence-corrected chi connectivity index (χ2v) is 5.48. The molecule has 0 aliphatic carbocycles. The number of alkyl halides is 1. The minimum atomic E-state index is 0.252. The molecule has 0 radical (unpaired) electrons. The molecule has 0 bridgehead atoms. The lowest BCUT2D eigenvalue weighted by Crippen LogP contribution is -2.24. The van der Waals surface area contributed by atoms with Gasteiger partial charge in [0.15, 0.2) is 0 Å². The Hall–Kier alpha value is -0.690. The summed E-state index contributed by atoms with van der Waals surface area (Å²) in [6.45, 7) is 7.41. The maximum atomic E-state index is 5.98. The molecule has 0 aliphatic heterocycles. The molecule has 1 aromatic rings. The van der Waals surface area contributed by atoms with E-state index < -0.39 is 0 Å². The first kappa shape index (κ1) is 13.4. The van der Waals surface area contributed by atoms with E-state index in [4.69, 9.17) is 16.3 Å². The topological polar surface area (TPSA) is 9.23 Å². The Bertz CT molecular complexity index is 289. The van der Waals surface area contributed by atoms with Crippen molar-refractivity contribution < 1.29 is 4.74 Å². The van der Waals surface area contributed by atoms with Gasteiger partial charge in [0.1, 0.15) is 5.75 Å². The molecule has 0 aliphatic rings. The molecule has 0 saturated heterocycles. The van der Waals surface area contributed by atoms with Gasteiger partial charge in [-0.2, -0.15) is 0 Å². The molecule has 1 atom stereocenters. The van der Waals surface area contributed by atoms with E-state index in [0.29, 0.717) is 11.8 Å². The molecule has 0 amide bonds. The predicted molar refractivity (Wildman–Crippen MR) is 70.2 cm³/mol. The van der Waals surface area contributed by atoms with E-state index in [9.17, 15) is 0 Å². The van der Waals surface area contributed by atoms with E-state index in [1.165, 1.54) is 0 Å². The number of para-hydroxylation sites is 1. The van der Waals surface area contributed by atoms with E-state index >= 15 is 0 Å². The standard InChI is InChI=1S/C14H21ClO/c1-14(2,3)12(11-15)9-10-16-13-7-5-4-6-8-13/h4-8,12H,9-11H2,1-3H3. The molecule has 1 unspecified atom stereocenters. The van der Waals surface area contributed by atoms with Crippen molar-refractivity contribution in [3.63, 3.8) is 0 Å². The molecule has 2 heteroatoms. The Kier molecular flexibility index (Phi) is 5.14. The Labute approximate surface area is 104 Å². The van der Waals surface area contributed by atoms with Gasteiger partial charge in [-0.25, -0.2) is 0 Å². The van der Waals surface area contributed by atoms with Crippen LogP contribution in [0, 0.1) is 11.3 Å². The lowest BCUT2D eigenvalue weighted by atomic mass is 9.80. The average molecular weight is 241 g/mol. The summed E-state index contributed by atoms with van der Waals surface area (Å²) < 4.78 is 5.67. The van der Waals surface area contributed by atoms with Crippen molar-refractivity contribution in [1.82, 2.24) is 0 Å². The van der Waals surface area contributed by atoms with Gasteiger partial charge >= 0.3 is 0 Å². The maximum absolute atomic E-state index is 5.98. The van der Waals surface area contributed by atoms with Crippen LogP contribution >= 0.6 is 11.6 Å². The fourth-order valence-corrected chi connectivity index (χ4v) is 2.19. The Morgan fingerprint density at radius 3 is 2.31 bits per heavy atom. The summed E-state index contributed by atoms with van der Waals surface area (Å²) in [5.74, 6) is 2.13. The molecule has 1 rings (SSSR count). The molecule has 0 saturated carbocycles. The number of hydrogen-bond donors (Lipinski definition) is 0. The zero-order valence-electron chi connectivity index (χ0n) is 10.4. The number of benzene rings is 1. The zero-order chi connectivity index (χ0) is 12.0. The van der Waals surface area contributed by atoms with Gasteiger partial charge in [0.2, 0.25) is 0 Å². The Morgan fingerprint density at radius 2 is 1.81 bits per heavy atom. The highest BCUT2D eigenvalue weighted by Crippen LogP contribution is 2.29. The summed E-state index contributed by atoms with van der Waals surface area (Å²) in [7, 11) is 0. The van der Waals surface area contributed by atoms with Crippen LogP contribution in [0.15, 0.2) is 30.3 Å². The molecule has 1 aromatic carbocycles. The van der Waals surface area contributed by atoms with Crippen LogP contribution in [0.2, 0.25) is 0 Å². The third-order valence-corrected chi connectivity index (χ3v) is 3.26. The van der Waals surface area contributed by atoms with Gasteiger partial charge in [-0.3, -0.25) is 0 Å². The Balaban J connectivity index is 2.35. The van der Waals surface area contributed by atoms with Crippen LogP contribution in [0.1, 0.15) is 27.2 Å². The fraction of sp³-hybridized carbons (Fsp3) is 0.571. The van der Waals surface area contributed by atoms with Crippen LogP contribution in [-0.4, -0.2) is 12.5 Å². The first-order valence-corrected chi connectivity index (χ1v) is 6.31. The SMILES string of the molecule is CC(C)(C)C(CCl)CCOc1ccccc1. The van der Waals surface area contributed by atoms with Crippen molar-refractivity contribution in [2.24, 2.45) is 11.3 Å². The van der Waals surface area contributed by atoms with Gasteiger partial charge in [0.05, 0.1) is 6.61 Å². The summed E-state index contributed by atoms with van der Waals surface area (Å²) in [4.78, 5) is 0. The van der Waals surface area contributed by atoms with Crippen molar-refractivity contribution >= 4 is 11.6 Å². The van der Waals surface area contributed by atoms with Crippen molar-refractivity contribution in [2.45, 2.75) is 27.2 Å². The highest BCUT2D eigenvalue weighted by Gasteiger charge is 2.23. The van der Waals surface area contributed by atoms with Crippen molar-refractivity contribution in [1.29, 1.82) is 0 Å². The second-order valence-electron chi connectivity index (χ2n) is 5.17. The average Bonchev–Trinajstić information content (AvgIpc) is 2.24. The summed E-state index contributed by atoms with van der Waals surface area (Å²) in [5, 5.41) is 0. The van der Waals surface area contributed by atoms with Gasteiger partial charge in [-0.05, 0) is 29.9 Å². The normalized spacial score (nSPS) is 13.5. The third kappa shape index (κ3) is 4.44. The highest BCUT2D eigenvalue weighted by molar-refractivity contribution is 6.18. The largest absolute Gasteiger partial charge is 0.494 e. The molecule has 0 spiro atoms. The van der Waals surface area contributed by atoms with E-state index in [1.807, 2.05) is 30.3 Å². The molecule has 1 nitrogen and oxygen atoms in total. The molecule has 16 heavy (non-hydrogen) atoms. The van der Waals surface area contributed by atoms with Crippen molar-refractivity contribution in [2.75, 3.05) is 12.5 Å². The molecular weight excluding hydrogens is 220 g/mol. The van der Waals surface area contributed by atoms with Gasteiger partial charge in [0, 0.05) is 5.88 Å². The van der Waals surface area contributed by atoms with E-state index in [0.717, 1.165) is 18.8 Å². The Morgan fingerprint density at radius 1 is 1.19 bits per heavy atom. The van der Waals surface area contributed by atoms with Gasteiger partial charge < -0.3 is 4.74 Å². The molecule has 0 N–H and O–H groups in total. The lowest BCUT2D eigenvalue weighted by Gasteiger charge is -2.28. The first-order valence-electron chi connectivity index (χ1n) is 5.78. The molecular formula is C14H21ClO. The molecule has 90 valence electrons. The van der Waals surface area contributed by atoms with E-state index in [2.05, 4.69) is 20.8 Å². The van der Waals surface area contributed by atoms with Gasteiger partial charge in [-0.1, -0.05) is 39.0 Å². The quantitative estimate of drug-likeness (QED) is 0.695. The monoisotopic (exact) mass is 240 g/mol. The summed E-state index contributed by atoms with van der Waals surface area (Å²) in [5.41, 5.74) is 0.252. The summed E-state index contributed by atoms with van der Waals surface area (Å²) in [6.07, 6.45) is 1.00. The van der Waals surface area contributed by atoms with E-state index in [1.54, 1.807) is 0 Å². The first-order chi connectivity index (χ1) is 7.54. The maximum Gasteiger partial charge on any atom is 0.119 e. The smallest absolute Gasteiger partial charge is 0.119 e. The van der Waals surface area contributed by atoms with Crippen LogP contribution in [0.4, 0.5) is 0 Å². The lowest BCUT2D eigenvalue weighted by molar-refractivity contribution is 0.201. The van der Waals surface area contributed by atoms with Crippen LogP contribution < -0.4 is 4.74 Å². The number of ether oxygens (including phenoxy) is 1. The number of rotatable bonds is 5. The van der Waals surface area contributed by atoms with Crippen LogP contribution in [0.5, 0.6) is 5.75 Å². The highest BCUT2D eigenvalue weighted by atomic mass is 35.5.